The van der Waals surface area contributed by atoms with Crippen LogP contribution in [0.1, 0.15) is 49.9 Å². The lowest BCUT2D eigenvalue weighted by Crippen LogP contribution is -2.36. The number of nitrogens with one attached hydrogen (secondary N) is 1. The van der Waals surface area contributed by atoms with Gasteiger partial charge in [-0.25, -0.2) is 9.97 Å². The molecule has 116 valence electrons. The Bertz CT molecular complexity index is 513. The lowest BCUT2D eigenvalue weighted by molar-refractivity contribution is -0.116. The van der Waals surface area contributed by atoms with Crippen molar-refractivity contribution >= 4 is 17.5 Å². The van der Waals surface area contributed by atoms with Crippen molar-refractivity contribution in [2.45, 2.75) is 45.4 Å². The summed E-state index contributed by atoms with van der Waals surface area (Å²) in [6.45, 7) is 5.09. The molecule has 6 nitrogen and oxygen atoms in total. The van der Waals surface area contributed by atoms with Crippen molar-refractivity contribution in [3.05, 3.63) is 11.4 Å². The van der Waals surface area contributed by atoms with Crippen LogP contribution in [0.25, 0.3) is 0 Å². The average molecular weight is 291 g/mol. The van der Waals surface area contributed by atoms with Crippen LogP contribution in [0.3, 0.4) is 0 Å². The number of amides is 1. The fourth-order valence-electron chi connectivity index (χ4n) is 2.39. The summed E-state index contributed by atoms with van der Waals surface area (Å²) in [5.41, 5.74) is 6.37. The molecule has 0 saturated heterocycles. The minimum atomic E-state index is -0.330. The van der Waals surface area contributed by atoms with Crippen molar-refractivity contribution in [1.29, 1.82) is 0 Å². The molecule has 1 fully saturated rings. The number of rotatable bonds is 8. The van der Waals surface area contributed by atoms with Gasteiger partial charge in [-0.2, -0.15) is 0 Å². The Labute approximate surface area is 126 Å². The predicted molar refractivity (Wildman–Crippen MR) is 84.6 cm³/mol. The first-order chi connectivity index (χ1) is 10.1. The molecule has 2 rings (SSSR count). The summed E-state index contributed by atoms with van der Waals surface area (Å²) < 4.78 is 0. The van der Waals surface area contributed by atoms with Gasteiger partial charge in [0.2, 0.25) is 5.91 Å². The van der Waals surface area contributed by atoms with Crippen molar-refractivity contribution < 1.29 is 4.79 Å². The summed E-state index contributed by atoms with van der Waals surface area (Å²) in [6.07, 6.45) is 4.37. The van der Waals surface area contributed by atoms with Crippen LogP contribution in [0, 0.1) is 6.92 Å². The number of hydrogen-bond donors (Lipinski definition) is 2. The van der Waals surface area contributed by atoms with Gasteiger partial charge in [-0.3, -0.25) is 4.79 Å². The van der Waals surface area contributed by atoms with E-state index in [0.717, 1.165) is 55.3 Å². The number of anilines is 2. The maximum Gasteiger partial charge on any atom is 0.236 e. The van der Waals surface area contributed by atoms with E-state index in [9.17, 15) is 4.79 Å². The zero-order chi connectivity index (χ0) is 15.4. The van der Waals surface area contributed by atoms with Gasteiger partial charge in [-0.05, 0) is 26.2 Å². The van der Waals surface area contributed by atoms with Crippen LogP contribution in [-0.4, -0.2) is 36.0 Å². The van der Waals surface area contributed by atoms with E-state index in [1.165, 1.54) is 0 Å². The highest BCUT2D eigenvalue weighted by Crippen LogP contribution is 2.40. The van der Waals surface area contributed by atoms with Gasteiger partial charge in [-0.15, -0.1) is 0 Å². The molecule has 1 saturated carbocycles. The minimum absolute atomic E-state index is 0.200. The zero-order valence-electron chi connectivity index (χ0n) is 13.1. The smallest absolute Gasteiger partial charge is 0.236 e. The van der Waals surface area contributed by atoms with Crippen LogP contribution in [0.5, 0.6) is 0 Å². The van der Waals surface area contributed by atoms with E-state index in [0.29, 0.717) is 5.92 Å². The molecule has 1 aliphatic carbocycles. The molecule has 0 spiro atoms. The molecule has 3 N–H and O–H groups in total. The lowest BCUT2D eigenvalue weighted by Gasteiger charge is -2.25. The molecule has 0 atom stereocenters. The Balaban J connectivity index is 2.36. The van der Waals surface area contributed by atoms with Crippen LogP contribution in [0.4, 0.5) is 11.6 Å². The van der Waals surface area contributed by atoms with Crippen molar-refractivity contribution in [1.82, 2.24) is 9.97 Å². The van der Waals surface area contributed by atoms with Gasteiger partial charge >= 0.3 is 0 Å². The molecule has 1 aliphatic rings. The summed E-state index contributed by atoms with van der Waals surface area (Å²) in [6, 6.07) is 0. The fourth-order valence-corrected chi connectivity index (χ4v) is 2.39. The summed E-state index contributed by atoms with van der Waals surface area (Å²) in [5.74, 6) is 2.70. The molecule has 0 bridgehead atoms. The number of nitrogens with two attached hydrogens (primary N) is 1. The SMILES string of the molecule is CCCCN(CC(N)=O)c1nc(C2CC2)nc(NC)c1C. The topological polar surface area (TPSA) is 84.1 Å². The van der Waals surface area contributed by atoms with Gasteiger partial charge in [0, 0.05) is 25.1 Å². The predicted octanol–water partition coefficient (Wildman–Crippen LogP) is 1.80. The second kappa shape index (κ2) is 6.74. The molecule has 0 aliphatic heterocycles. The van der Waals surface area contributed by atoms with Crippen LogP contribution < -0.4 is 16.0 Å². The lowest BCUT2D eigenvalue weighted by atomic mass is 10.2. The quantitative estimate of drug-likeness (QED) is 0.763. The number of unbranched alkanes of at least 4 members (excludes halogenated alkanes) is 1. The number of carbonyl (C=O) groups is 1. The molecule has 6 heteroatoms. The van der Waals surface area contributed by atoms with E-state index in [1.807, 2.05) is 18.9 Å². The van der Waals surface area contributed by atoms with Crippen molar-refractivity contribution in [3.8, 4) is 0 Å². The normalized spacial score (nSPS) is 14.0. The maximum atomic E-state index is 11.4. The molecule has 1 aromatic heterocycles. The highest BCUT2D eigenvalue weighted by atomic mass is 16.1. The van der Waals surface area contributed by atoms with E-state index in [2.05, 4.69) is 17.2 Å². The van der Waals surface area contributed by atoms with E-state index in [4.69, 9.17) is 10.7 Å². The highest BCUT2D eigenvalue weighted by molar-refractivity contribution is 5.79. The molecule has 0 radical (unpaired) electrons. The van der Waals surface area contributed by atoms with Crippen LogP contribution >= 0.6 is 0 Å². The van der Waals surface area contributed by atoms with E-state index >= 15 is 0 Å². The van der Waals surface area contributed by atoms with Crippen molar-refractivity contribution in [3.63, 3.8) is 0 Å². The summed E-state index contributed by atoms with van der Waals surface area (Å²) in [4.78, 5) is 22.7. The van der Waals surface area contributed by atoms with Crippen molar-refractivity contribution in [2.75, 3.05) is 30.4 Å². The molecule has 0 aromatic carbocycles. The van der Waals surface area contributed by atoms with Crippen LogP contribution in [0.15, 0.2) is 0 Å². The maximum absolute atomic E-state index is 11.4. The third-order valence-corrected chi connectivity index (χ3v) is 3.74. The average Bonchev–Trinajstić information content (AvgIpc) is 3.28. The molecule has 1 amide bonds. The standard InChI is InChI=1S/C15H25N5O/c1-4-5-8-20(9-12(16)21)15-10(2)13(17-3)18-14(19-15)11-6-7-11/h11H,4-9H2,1-3H3,(H2,16,21)(H,17,18,19). The first-order valence-corrected chi connectivity index (χ1v) is 7.66. The molecular weight excluding hydrogens is 266 g/mol. The van der Waals surface area contributed by atoms with Crippen LogP contribution in [0.2, 0.25) is 0 Å². The van der Waals surface area contributed by atoms with E-state index in [1.54, 1.807) is 0 Å². The summed E-state index contributed by atoms with van der Waals surface area (Å²) in [7, 11) is 1.86. The molecule has 0 unspecified atom stereocenters. The number of nitrogens with zero attached hydrogens (tertiary/aromatic N) is 3. The number of aromatic nitrogens is 2. The Morgan fingerprint density at radius 1 is 1.43 bits per heavy atom. The third kappa shape index (κ3) is 3.83. The number of carbonyl (C=O) groups excluding carboxylic acids is 1. The monoisotopic (exact) mass is 291 g/mol. The highest BCUT2D eigenvalue weighted by Gasteiger charge is 2.29. The summed E-state index contributed by atoms with van der Waals surface area (Å²) >= 11 is 0. The Kier molecular flexibility index (Phi) is 4.98. The molecule has 1 aromatic rings. The fraction of sp³-hybridized carbons (Fsp3) is 0.667. The second-order valence-electron chi connectivity index (χ2n) is 5.64. The Morgan fingerprint density at radius 2 is 2.14 bits per heavy atom. The van der Waals surface area contributed by atoms with Gasteiger partial charge in [0.1, 0.15) is 17.5 Å². The Hall–Kier alpha value is -1.85. The van der Waals surface area contributed by atoms with Gasteiger partial charge in [-0.1, -0.05) is 13.3 Å². The summed E-state index contributed by atoms with van der Waals surface area (Å²) in [5, 5.41) is 3.13. The van der Waals surface area contributed by atoms with Crippen molar-refractivity contribution in [2.24, 2.45) is 5.73 Å². The van der Waals surface area contributed by atoms with E-state index < -0.39 is 0 Å². The van der Waals surface area contributed by atoms with Gasteiger partial charge in [0.25, 0.3) is 0 Å². The zero-order valence-corrected chi connectivity index (χ0v) is 13.1. The second-order valence-corrected chi connectivity index (χ2v) is 5.64. The Morgan fingerprint density at radius 3 is 2.67 bits per heavy atom. The van der Waals surface area contributed by atoms with Gasteiger partial charge in [0.05, 0.1) is 6.54 Å². The molecule has 1 heterocycles. The number of primary amides is 1. The first-order valence-electron chi connectivity index (χ1n) is 7.66. The van der Waals surface area contributed by atoms with Gasteiger partial charge in [0.15, 0.2) is 0 Å². The largest absolute Gasteiger partial charge is 0.373 e. The van der Waals surface area contributed by atoms with Crippen LogP contribution in [-0.2, 0) is 4.79 Å². The number of hydrogen-bond acceptors (Lipinski definition) is 5. The third-order valence-electron chi connectivity index (χ3n) is 3.74. The molecular formula is C15H25N5O. The van der Waals surface area contributed by atoms with Gasteiger partial charge < -0.3 is 16.0 Å². The minimum Gasteiger partial charge on any atom is -0.373 e. The first kappa shape index (κ1) is 15.5. The molecule has 21 heavy (non-hydrogen) atoms. The van der Waals surface area contributed by atoms with E-state index in [-0.39, 0.29) is 12.5 Å².